The molecule has 3 aromatic rings. The van der Waals surface area contributed by atoms with Gasteiger partial charge in [-0.15, -0.1) is 0 Å². The molecule has 1 aromatic heterocycles. The Morgan fingerprint density at radius 1 is 1.00 bits per heavy atom. The number of nitrogens with one attached hydrogen (secondary N) is 2. The molecule has 0 unspecified atom stereocenters. The number of aromatic nitrogens is 1. The van der Waals surface area contributed by atoms with Crippen molar-refractivity contribution in [1.82, 2.24) is 9.88 Å². The molecule has 2 aromatic carbocycles. The summed E-state index contributed by atoms with van der Waals surface area (Å²) in [6.07, 6.45) is 2.87. The quantitative estimate of drug-likeness (QED) is 0.433. The number of aliphatic hydroxyl groups excluding tert-OH is 2. The number of hydrogen-bond donors (Lipinski definition) is 4. The summed E-state index contributed by atoms with van der Waals surface area (Å²) in [6, 6.07) is 14.9. The molecule has 4 N–H and O–H groups in total. The molecule has 5 nitrogen and oxygen atoms in total. The van der Waals surface area contributed by atoms with Crippen LogP contribution in [0.25, 0.3) is 10.9 Å². The average Bonchev–Trinajstić information content (AvgIpc) is 3.12. The van der Waals surface area contributed by atoms with Crippen LogP contribution in [0.15, 0.2) is 54.7 Å². The SMILES string of the molecule is CC(CO)(CO)NCCn1ccc2ccc(NCCc3ccc(F)cc3)cc21. The van der Waals surface area contributed by atoms with E-state index in [9.17, 15) is 14.6 Å². The second-order valence-corrected chi connectivity index (χ2v) is 7.39. The molecule has 3 rings (SSSR count). The highest BCUT2D eigenvalue weighted by molar-refractivity contribution is 5.83. The maximum absolute atomic E-state index is 13.0. The Balaban J connectivity index is 1.59. The first kappa shape index (κ1) is 20.3. The first-order chi connectivity index (χ1) is 13.5. The average molecular weight is 385 g/mol. The first-order valence-corrected chi connectivity index (χ1v) is 9.57. The van der Waals surface area contributed by atoms with Crippen LogP contribution in [0.4, 0.5) is 10.1 Å². The highest BCUT2D eigenvalue weighted by Crippen LogP contribution is 2.20. The van der Waals surface area contributed by atoms with Gasteiger partial charge in [-0.05, 0) is 54.6 Å². The van der Waals surface area contributed by atoms with Crippen molar-refractivity contribution in [2.24, 2.45) is 0 Å². The summed E-state index contributed by atoms with van der Waals surface area (Å²) in [5, 5.41) is 26.5. The summed E-state index contributed by atoms with van der Waals surface area (Å²) in [6.45, 7) is 3.71. The van der Waals surface area contributed by atoms with Crippen LogP contribution < -0.4 is 10.6 Å². The number of halogens is 1. The summed E-state index contributed by atoms with van der Waals surface area (Å²) < 4.78 is 15.1. The largest absolute Gasteiger partial charge is 0.394 e. The number of rotatable bonds is 10. The summed E-state index contributed by atoms with van der Waals surface area (Å²) >= 11 is 0. The van der Waals surface area contributed by atoms with E-state index >= 15 is 0 Å². The molecule has 0 bridgehead atoms. The zero-order valence-electron chi connectivity index (χ0n) is 16.2. The fraction of sp³-hybridized carbons (Fsp3) is 0.364. The predicted octanol–water partition coefficient (Wildman–Crippen LogP) is 2.77. The maximum Gasteiger partial charge on any atom is 0.123 e. The van der Waals surface area contributed by atoms with Gasteiger partial charge in [-0.25, -0.2) is 4.39 Å². The molecule has 0 atom stereocenters. The number of nitrogens with zero attached hydrogens (tertiary/aromatic N) is 1. The van der Waals surface area contributed by atoms with Crippen molar-refractivity contribution in [1.29, 1.82) is 0 Å². The van der Waals surface area contributed by atoms with E-state index in [0.717, 1.165) is 41.7 Å². The minimum absolute atomic E-state index is 0.113. The van der Waals surface area contributed by atoms with Crippen LogP contribution >= 0.6 is 0 Å². The molecule has 0 saturated carbocycles. The number of aliphatic hydroxyl groups is 2. The highest BCUT2D eigenvalue weighted by Gasteiger charge is 2.20. The van der Waals surface area contributed by atoms with Crippen molar-refractivity contribution >= 4 is 16.6 Å². The third-order valence-corrected chi connectivity index (χ3v) is 5.03. The van der Waals surface area contributed by atoms with Crippen LogP contribution in [0.3, 0.4) is 0 Å². The molecule has 0 saturated heterocycles. The van der Waals surface area contributed by atoms with E-state index in [1.165, 1.54) is 12.1 Å². The minimum atomic E-state index is -0.671. The fourth-order valence-electron chi connectivity index (χ4n) is 3.13. The molecule has 0 fully saturated rings. The molecule has 1 heterocycles. The summed E-state index contributed by atoms with van der Waals surface area (Å²) in [5.74, 6) is -0.212. The van der Waals surface area contributed by atoms with E-state index < -0.39 is 5.54 Å². The molecular formula is C22H28FN3O2. The molecule has 0 aliphatic rings. The Morgan fingerprint density at radius 2 is 1.75 bits per heavy atom. The molecule has 0 amide bonds. The number of benzene rings is 2. The third-order valence-electron chi connectivity index (χ3n) is 5.03. The van der Waals surface area contributed by atoms with Gasteiger partial charge < -0.3 is 25.4 Å². The lowest BCUT2D eigenvalue weighted by molar-refractivity contribution is 0.104. The van der Waals surface area contributed by atoms with E-state index in [1.54, 1.807) is 6.92 Å². The van der Waals surface area contributed by atoms with Gasteiger partial charge in [0.1, 0.15) is 5.82 Å². The Kier molecular flexibility index (Phi) is 6.67. The van der Waals surface area contributed by atoms with Crippen molar-refractivity contribution in [3.63, 3.8) is 0 Å². The molecule has 0 spiro atoms. The van der Waals surface area contributed by atoms with Gasteiger partial charge in [0.15, 0.2) is 0 Å². The first-order valence-electron chi connectivity index (χ1n) is 9.57. The van der Waals surface area contributed by atoms with Crippen molar-refractivity contribution in [3.05, 3.63) is 66.1 Å². The van der Waals surface area contributed by atoms with Gasteiger partial charge in [0, 0.05) is 31.5 Å². The van der Waals surface area contributed by atoms with Gasteiger partial charge >= 0.3 is 0 Å². The smallest absolute Gasteiger partial charge is 0.123 e. The van der Waals surface area contributed by atoms with Crippen LogP contribution in [-0.2, 0) is 13.0 Å². The summed E-state index contributed by atoms with van der Waals surface area (Å²) in [7, 11) is 0. The van der Waals surface area contributed by atoms with Gasteiger partial charge in [0.25, 0.3) is 0 Å². The van der Waals surface area contributed by atoms with Crippen LogP contribution in [-0.4, -0.2) is 46.6 Å². The Labute approximate surface area is 164 Å². The molecule has 28 heavy (non-hydrogen) atoms. The van der Waals surface area contributed by atoms with Gasteiger partial charge in [0.2, 0.25) is 0 Å². The zero-order chi connectivity index (χ0) is 20.0. The van der Waals surface area contributed by atoms with E-state index in [0.29, 0.717) is 6.54 Å². The maximum atomic E-state index is 13.0. The third kappa shape index (κ3) is 5.10. The van der Waals surface area contributed by atoms with E-state index in [1.807, 2.05) is 18.3 Å². The molecule has 0 aliphatic heterocycles. The fourth-order valence-corrected chi connectivity index (χ4v) is 3.13. The standard InChI is InChI=1S/C22H28FN3O2/c1-22(15-27,16-28)25-11-13-26-12-9-18-4-7-20(14-21(18)26)24-10-8-17-2-5-19(23)6-3-17/h2-7,9,12,14,24-25,27-28H,8,10-11,13,15-16H2,1H3. The Bertz CT molecular complexity index is 888. The number of hydrogen-bond acceptors (Lipinski definition) is 4. The highest BCUT2D eigenvalue weighted by atomic mass is 19.1. The van der Waals surface area contributed by atoms with Crippen LogP contribution in [0.1, 0.15) is 12.5 Å². The van der Waals surface area contributed by atoms with Crippen molar-refractivity contribution in [2.75, 3.05) is 31.6 Å². The van der Waals surface area contributed by atoms with E-state index in [4.69, 9.17) is 0 Å². The molecule has 0 aliphatic carbocycles. The zero-order valence-corrected chi connectivity index (χ0v) is 16.2. The molecule has 6 heteroatoms. The molecule has 150 valence electrons. The van der Waals surface area contributed by atoms with Crippen LogP contribution in [0, 0.1) is 5.82 Å². The lowest BCUT2D eigenvalue weighted by atomic mass is 10.1. The summed E-state index contributed by atoms with van der Waals surface area (Å²) in [4.78, 5) is 0. The lowest BCUT2D eigenvalue weighted by Crippen LogP contribution is -2.49. The second-order valence-electron chi connectivity index (χ2n) is 7.39. The van der Waals surface area contributed by atoms with Crippen molar-refractivity contribution in [3.8, 4) is 0 Å². The van der Waals surface area contributed by atoms with Crippen molar-refractivity contribution in [2.45, 2.75) is 25.4 Å². The second kappa shape index (κ2) is 9.19. The monoisotopic (exact) mass is 385 g/mol. The van der Waals surface area contributed by atoms with Gasteiger partial charge in [-0.2, -0.15) is 0 Å². The Morgan fingerprint density at radius 3 is 2.46 bits per heavy atom. The van der Waals surface area contributed by atoms with Gasteiger partial charge in [-0.1, -0.05) is 18.2 Å². The summed E-state index contributed by atoms with van der Waals surface area (Å²) in [5.41, 5.74) is 2.59. The topological polar surface area (TPSA) is 69.5 Å². The number of anilines is 1. The van der Waals surface area contributed by atoms with Gasteiger partial charge in [-0.3, -0.25) is 0 Å². The van der Waals surface area contributed by atoms with Crippen molar-refractivity contribution < 1.29 is 14.6 Å². The minimum Gasteiger partial charge on any atom is -0.394 e. The van der Waals surface area contributed by atoms with Gasteiger partial charge in [0.05, 0.1) is 24.3 Å². The molecule has 0 radical (unpaired) electrons. The van der Waals surface area contributed by atoms with Crippen LogP contribution in [0.5, 0.6) is 0 Å². The molecular weight excluding hydrogens is 357 g/mol. The van der Waals surface area contributed by atoms with E-state index in [2.05, 4.69) is 39.5 Å². The van der Waals surface area contributed by atoms with Crippen LogP contribution in [0.2, 0.25) is 0 Å². The normalized spacial score (nSPS) is 11.9. The lowest BCUT2D eigenvalue weighted by Gasteiger charge is -2.26. The number of fused-ring (bicyclic) bond motifs is 1. The van der Waals surface area contributed by atoms with E-state index in [-0.39, 0.29) is 19.0 Å². The predicted molar refractivity (Wildman–Crippen MR) is 111 cm³/mol. The Hall–Kier alpha value is -2.41.